The highest BCUT2D eigenvalue weighted by Gasteiger charge is 2.56. The van der Waals surface area contributed by atoms with Crippen molar-refractivity contribution < 1.29 is 14.7 Å². The smallest absolute Gasteiger partial charge is 0.331 e. The summed E-state index contributed by atoms with van der Waals surface area (Å²) in [4.78, 5) is 25.3. The Bertz CT molecular complexity index is 592. The Hall–Kier alpha value is -1.68. The summed E-state index contributed by atoms with van der Waals surface area (Å²) in [7, 11) is 0. The number of nitrogens with one attached hydrogen (secondary N) is 1. The lowest BCUT2D eigenvalue weighted by molar-refractivity contribution is -0.154. The standard InChI is InChI=1S/C19H25NO3/c1-18(11-6-3-7-12-18)16(21)19(17(22)23)13-10-15(20-19)14-8-4-2-5-9-14/h2,4-5,8-9,15,20H,3,6-7,10-13H2,1H3,(H,22,23). The molecular weight excluding hydrogens is 290 g/mol. The van der Waals surface area contributed by atoms with Crippen molar-refractivity contribution in [3.05, 3.63) is 35.9 Å². The van der Waals surface area contributed by atoms with Crippen molar-refractivity contribution in [1.82, 2.24) is 5.32 Å². The van der Waals surface area contributed by atoms with Crippen molar-refractivity contribution in [2.45, 2.75) is 63.5 Å². The summed E-state index contributed by atoms with van der Waals surface area (Å²) in [5.41, 5.74) is -0.876. The van der Waals surface area contributed by atoms with E-state index in [1.165, 1.54) is 0 Å². The zero-order chi connectivity index (χ0) is 16.5. The van der Waals surface area contributed by atoms with Gasteiger partial charge in [-0.3, -0.25) is 10.1 Å². The van der Waals surface area contributed by atoms with Crippen LogP contribution in [0, 0.1) is 5.41 Å². The van der Waals surface area contributed by atoms with Crippen LogP contribution in [0.4, 0.5) is 0 Å². The maximum absolute atomic E-state index is 13.2. The minimum atomic E-state index is -1.42. The Morgan fingerprint density at radius 1 is 1.09 bits per heavy atom. The van der Waals surface area contributed by atoms with Crippen molar-refractivity contribution in [2.24, 2.45) is 5.41 Å². The zero-order valence-corrected chi connectivity index (χ0v) is 13.7. The summed E-state index contributed by atoms with van der Waals surface area (Å²) >= 11 is 0. The molecule has 0 amide bonds. The highest BCUT2D eigenvalue weighted by atomic mass is 16.4. The first-order chi connectivity index (χ1) is 11.0. The largest absolute Gasteiger partial charge is 0.480 e. The Kier molecular flexibility index (Phi) is 4.28. The Balaban J connectivity index is 1.87. The van der Waals surface area contributed by atoms with Crippen molar-refractivity contribution in [3.63, 3.8) is 0 Å². The van der Waals surface area contributed by atoms with Gasteiger partial charge < -0.3 is 5.11 Å². The number of carboxylic acid groups (broad SMARTS) is 1. The van der Waals surface area contributed by atoms with Crippen LogP contribution < -0.4 is 5.32 Å². The first kappa shape index (κ1) is 16.2. The normalized spacial score (nSPS) is 30.0. The first-order valence-corrected chi connectivity index (χ1v) is 8.59. The number of ketones is 1. The van der Waals surface area contributed by atoms with E-state index in [1.807, 2.05) is 37.3 Å². The summed E-state index contributed by atoms with van der Waals surface area (Å²) in [6.07, 6.45) is 5.83. The minimum Gasteiger partial charge on any atom is -0.480 e. The molecule has 1 aromatic carbocycles. The van der Waals surface area contributed by atoms with E-state index in [-0.39, 0.29) is 11.8 Å². The Labute approximate surface area is 137 Å². The fourth-order valence-corrected chi connectivity index (χ4v) is 4.26. The summed E-state index contributed by atoms with van der Waals surface area (Å²) in [6, 6.07) is 9.75. The number of carbonyl (C=O) groups excluding carboxylic acids is 1. The molecule has 0 aromatic heterocycles. The predicted octanol–water partition coefficient (Wildman–Crippen LogP) is 3.47. The highest BCUT2D eigenvalue weighted by molar-refractivity contribution is 6.10. The van der Waals surface area contributed by atoms with Gasteiger partial charge in [-0.15, -0.1) is 0 Å². The van der Waals surface area contributed by atoms with E-state index >= 15 is 0 Å². The number of hydrogen-bond donors (Lipinski definition) is 2. The van der Waals surface area contributed by atoms with Gasteiger partial charge in [-0.05, 0) is 31.2 Å². The summed E-state index contributed by atoms with van der Waals surface area (Å²) in [5.74, 6) is -1.14. The quantitative estimate of drug-likeness (QED) is 0.835. The Morgan fingerprint density at radius 3 is 2.35 bits per heavy atom. The van der Waals surface area contributed by atoms with E-state index < -0.39 is 16.9 Å². The number of Topliss-reactive ketones (excluding diaryl/α,β-unsaturated/α-hetero) is 1. The molecule has 1 heterocycles. The Morgan fingerprint density at radius 2 is 1.74 bits per heavy atom. The monoisotopic (exact) mass is 315 g/mol. The van der Waals surface area contributed by atoms with E-state index in [0.29, 0.717) is 12.8 Å². The lowest BCUT2D eigenvalue weighted by atomic mass is 9.67. The first-order valence-electron chi connectivity index (χ1n) is 8.59. The molecule has 1 saturated carbocycles. The molecule has 1 aliphatic carbocycles. The van der Waals surface area contributed by atoms with Gasteiger partial charge in [-0.1, -0.05) is 56.5 Å². The van der Waals surface area contributed by atoms with Crippen LogP contribution in [0.15, 0.2) is 30.3 Å². The van der Waals surface area contributed by atoms with Crippen LogP contribution in [-0.2, 0) is 9.59 Å². The fraction of sp³-hybridized carbons (Fsp3) is 0.579. The van der Waals surface area contributed by atoms with Crippen LogP contribution in [0.2, 0.25) is 0 Å². The van der Waals surface area contributed by atoms with Crippen LogP contribution in [-0.4, -0.2) is 22.4 Å². The van der Waals surface area contributed by atoms with Gasteiger partial charge in [-0.25, -0.2) is 4.79 Å². The van der Waals surface area contributed by atoms with E-state index in [0.717, 1.165) is 37.7 Å². The molecule has 2 atom stereocenters. The van der Waals surface area contributed by atoms with Gasteiger partial charge in [0, 0.05) is 11.5 Å². The molecule has 2 N–H and O–H groups in total. The van der Waals surface area contributed by atoms with Gasteiger partial charge in [0.05, 0.1) is 0 Å². The highest BCUT2D eigenvalue weighted by Crippen LogP contribution is 2.44. The molecule has 2 aliphatic rings. The van der Waals surface area contributed by atoms with E-state index in [4.69, 9.17) is 0 Å². The van der Waals surface area contributed by atoms with Crippen molar-refractivity contribution in [1.29, 1.82) is 0 Å². The second-order valence-electron chi connectivity index (χ2n) is 7.31. The van der Waals surface area contributed by atoms with Gasteiger partial charge in [0.1, 0.15) is 0 Å². The maximum atomic E-state index is 13.2. The van der Waals surface area contributed by atoms with Crippen LogP contribution in [0.5, 0.6) is 0 Å². The zero-order valence-electron chi connectivity index (χ0n) is 13.7. The van der Waals surface area contributed by atoms with Gasteiger partial charge in [0.2, 0.25) is 0 Å². The average molecular weight is 315 g/mol. The molecule has 1 aliphatic heterocycles. The lowest BCUT2D eigenvalue weighted by Crippen LogP contribution is -2.59. The topological polar surface area (TPSA) is 66.4 Å². The van der Waals surface area contributed by atoms with Gasteiger partial charge in [0.15, 0.2) is 11.3 Å². The molecule has 3 rings (SSSR count). The number of hydrogen-bond acceptors (Lipinski definition) is 3. The maximum Gasteiger partial charge on any atom is 0.331 e. The fourth-order valence-electron chi connectivity index (χ4n) is 4.26. The molecule has 124 valence electrons. The van der Waals surface area contributed by atoms with Crippen LogP contribution in [0.3, 0.4) is 0 Å². The van der Waals surface area contributed by atoms with Crippen molar-refractivity contribution in [2.75, 3.05) is 0 Å². The summed E-state index contributed by atoms with van der Waals surface area (Å²) < 4.78 is 0. The number of carboxylic acids is 1. The molecule has 2 fully saturated rings. The number of aliphatic carboxylic acids is 1. The molecule has 23 heavy (non-hydrogen) atoms. The molecular formula is C19H25NO3. The van der Waals surface area contributed by atoms with Crippen molar-refractivity contribution >= 4 is 11.8 Å². The lowest BCUT2D eigenvalue weighted by Gasteiger charge is -2.38. The molecule has 1 aromatic rings. The minimum absolute atomic E-state index is 0.0663. The molecule has 2 unspecified atom stereocenters. The third-order valence-corrected chi connectivity index (χ3v) is 5.69. The second-order valence-corrected chi connectivity index (χ2v) is 7.31. The molecule has 0 bridgehead atoms. The molecule has 0 spiro atoms. The predicted molar refractivity (Wildman–Crippen MR) is 88.1 cm³/mol. The van der Waals surface area contributed by atoms with Crippen LogP contribution in [0.25, 0.3) is 0 Å². The van der Waals surface area contributed by atoms with Crippen molar-refractivity contribution in [3.8, 4) is 0 Å². The van der Waals surface area contributed by atoms with Gasteiger partial charge >= 0.3 is 5.97 Å². The molecule has 4 heteroatoms. The third kappa shape index (κ3) is 2.80. The van der Waals surface area contributed by atoms with Crippen LogP contribution >= 0.6 is 0 Å². The molecule has 0 radical (unpaired) electrons. The molecule has 4 nitrogen and oxygen atoms in total. The number of rotatable bonds is 4. The number of carbonyl (C=O) groups is 2. The van der Waals surface area contributed by atoms with E-state index in [9.17, 15) is 14.7 Å². The number of benzene rings is 1. The van der Waals surface area contributed by atoms with Crippen LogP contribution in [0.1, 0.15) is 63.5 Å². The summed E-state index contributed by atoms with van der Waals surface area (Å²) in [5, 5.41) is 13.1. The SMILES string of the molecule is CC1(C(=O)C2(C(=O)O)CCC(c3ccccc3)N2)CCCCC1. The van der Waals surface area contributed by atoms with Gasteiger partial charge in [0.25, 0.3) is 0 Å². The third-order valence-electron chi connectivity index (χ3n) is 5.69. The average Bonchev–Trinajstić information content (AvgIpc) is 3.02. The van der Waals surface area contributed by atoms with Gasteiger partial charge in [-0.2, -0.15) is 0 Å². The van der Waals surface area contributed by atoms with E-state index in [1.54, 1.807) is 0 Å². The summed E-state index contributed by atoms with van der Waals surface area (Å²) in [6.45, 7) is 1.96. The second kappa shape index (κ2) is 6.08. The van der Waals surface area contributed by atoms with E-state index in [2.05, 4.69) is 5.32 Å². The molecule has 1 saturated heterocycles.